The molecule has 2 aromatic heterocycles. The molecule has 0 aliphatic rings. The quantitative estimate of drug-likeness (QED) is 0.0965. The highest BCUT2D eigenvalue weighted by Crippen LogP contribution is 2.33. The molecule has 0 atom stereocenters. The highest BCUT2D eigenvalue weighted by molar-refractivity contribution is 7.90. The second kappa shape index (κ2) is 12.5. The summed E-state index contributed by atoms with van der Waals surface area (Å²) in [6.45, 7) is 5.35. The van der Waals surface area contributed by atoms with Gasteiger partial charge in [0.2, 0.25) is 11.6 Å². The van der Waals surface area contributed by atoms with Gasteiger partial charge >= 0.3 is 15.6 Å². The van der Waals surface area contributed by atoms with Crippen LogP contribution in [0, 0.1) is 20.8 Å². The number of rotatable bonds is 10. The maximum atomic E-state index is 14.2. The van der Waals surface area contributed by atoms with Crippen molar-refractivity contribution in [3.05, 3.63) is 130 Å². The zero-order chi connectivity index (χ0) is 35.2. The van der Waals surface area contributed by atoms with Gasteiger partial charge in [-0.15, -0.1) is 0 Å². The van der Waals surface area contributed by atoms with Crippen molar-refractivity contribution in [1.82, 2.24) is 8.54 Å². The summed E-state index contributed by atoms with van der Waals surface area (Å²) < 4.78 is 101. The Morgan fingerprint density at radius 2 is 1.40 bits per heavy atom. The summed E-state index contributed by atoms with van der Waals surface area (Å²) >= 11 is 0. The number of hydrogen-bond acceptors (Lipinski definition) is 8. The van der Waals surface area contributed by atoms with Gasteiger partial charge in [-0.2, -0.15) is 21.6 Å². The van der Waals surface area contributed by atoms with Crippen LogP contribution in [0.5, 0.6) is 11.5 Å². The summed E-state index contributed by atoms with van der Waals surface area (Å²) in [5, 5.41) is 0. The first kappa shape index (κ1) is 34.2. The smallest absolute Gasteiger partial charge is 0.496 e. The molecule has 250 valence electrons. The fraction of sp³-hybridized carbons (Fsp3) is 0.152. The largest absolute Gasteiger partial charge is 0.534 e. The Labute approximate surface area is 274 Å². The van der Waals surface area contributed by atoms with Crippen LogP contribution in [0.1, 0.15) is 48.8 Å². The van der Waals surface area contributed by atoms with Crippen molar-refractivity contribution in [3.8, 4) is 17.2 Å². The first-order valence-electron chi connectivity index (χ1n) is 14.0. The van der Waals surface area contributed by atoms with Gasteiger partial charge in [0, 0.05) is 24.0 Å². The molecule has 0 bridgehead atoms. The molecule has 2 heterocycles. The fourth-order valence-electron chi connectivity index (χ4n) is 5.03. The number of nitrogens with zero attached hydrogens (tertiary/aromatic N) is 2. The van der Waals surface area contributed by atoms with Crippen molar-refractivity contribution < 1.29 is 48.5 Å². The van der Waals surface area contributed by atoms with Crippen molar-refractivity contribution in [2.24, 2.45) is 0 Å². The SMILES string of the molecule is COc1cc(OS(=O)(=O)C(F)(F)F)ccc1C(=O)c1cccn1-c1ccn(S(=O)(=O)c2ccc(C)cc2)c1C(=O)c1ccc(C)cc1C. The zero-order valence-corrected chi connectivity index (χ0v) is 27.4. The number of methoxy groups -OCH3 is 1. The average molecular weight is 701 g/mol. The zero-order valence-electron chi connectivity index (χ0n) is 25.8. The topological polar surface area (TPSA) is 131 Å². The Hall–Kier alpha value is -5.15. The number of hydrogen-bond donors (Lipinski definition) is 0. The number of benzene rings is 3. The lowest BCUT2D eigenvalue weighted by Crippen LogP contribution is -2.28. The molecule has 0 aliphatic heterocycles. The third-order valence-electron chi connectivity index (χ3n) is 7.40. The van der Waals surface area contributed by atoms with Crippen LogP contribution in [0.4, 0.5) is 13.2 Å². The predicted molar refractivity (Wildman–Crippen MR) is 169 cm³/mol. The molecule has 10 nitrogen and oxygen atoms in total. The van der Waals surface area contributed by atoms with E-state index in [9.17, 15) is 39.6 Å². The number of aromatic nitrogens is 2. The van der Waals surface area contributed by atoms with E-state index in [4.69, 9.17) is 4.74 Å². The molecule has 0 fully saturated rings. The number of aryl methyl sites for hydroxylation is 3. The van der Waals surface area contributed by atoms with Gasteiger partial charge < -0.3 is 13.5 Å². The first-order valence-corrected chi connectivity index (χ1v) is 16.9. The van der Waals surface area contributed by atoms with Crippen molar-refractivity contribution in [2.45, 2.75) is 31.2 Å². The molecule has 0 spiro atoms. The molecule has 15 heteroatoms. The second-order valence-corrected chi connectivity index (χ2v) is 14.1. The van der Waals surface area contributed by atoms with E-state index in [2.05, 4.69) is 4.18 Å². The van der Waals surface area contributed by atoms with Gasteiger partial charge in [-0.05, 0) is 68.8 Å². The van der Waals surface area contributed by atoms with Crippen LogP contribution in [0.3, 0.4) is 0 Å². The van der Waals surface area contributed by atoms with E-state index in [0.29, 0.717) is 5.56 Å². The predicted octanol–water partition coefficient (Wildman–Crippen LogP) is 6.14. The molecule has 3 aromatic carbocycles. The van der Waals surface area contributed by atoms with Gasteiger partial charge in [0.25, 0.3) is 10.0 Å². The van der Waals surface area contributed by atoms with Gasteiger partial charge in [-0.3, -0.25) is 9.59 Å². The second-order valence-electron chi connectivity index (χ2n) is 10.7. The van der Waals surface area contributed by atoms with Crippen molar-refractivity contribution >= 4 is 31.7 Å². The van der Waals surface area contributed by atoms with Crippen molar-refractivity contribution in [1.29, 1.82) is 0 Å². The van der Waals surface area contributed by atoms with E-state index in [1.807, 2.05) is 6.92 Å². The third-order valence-corrected chi connectivity index (χ3v) is 10.1. The summed E-state index contributed by atoms with van der Waals surface area (Å²) in [4.78, 5) is 28.0. The van der Waals surface area contributed by atoms with E-state index in [0.717, 1.165) is 40.4 Å². The lowest BCUT2D eigenvalue weighted by molar-refractivity contribution is -0.0500. The van der Waals surface area contributed by atoms with Crippen LogP contribution < -0.4 is 8.92 Å². The third kappa shape index (κ3) is 6.25. The standard InChI is InChI=1S/C33H27F3N2O8S2/c1-20-7-11-24(12-8-20)47(41,42)38-17-15-27(30(38)32(40)25-13-9-21(2)18-22(25)3)37-16-5-6-28(37)31(39)26-14-10-23(19-29(26)45-4)46-48(43,44)33(34,35)36/h5-19H,1-4H3. The number of ether oxygens (including phenoxy) is 1. The molecule has 0 radical (unpaired) electrons. The number of ketones is 2. The molecule has 0 amide bonds. The Morgan fingerprint density at radius 3 is 2.02 bits per heavy atom. The molecule has 0 saturated carbocycles. The molecule has 5 aromatic rings. The normalized spacial score (nSPS) is 12.1. The molecule has 0 N–H and O–H groups in total. The van der Waals surface area contributed by atoms with Crippen LogP contribution >= 0.6 is 0 Å². The van der Waals surface area contributed by atoms with Gasteiger partial charge in [0.05, 0.1) is 29.0 Å². The van der Waals surface area contributed by atoms with Crippen LogP contribution in [0.25, 0.3) is 5.69 Å². The van der Waals surface area contributed by atoms with Crippen molar-refractivity contribution in [3.63, 3.8) is 0 Å². The molecule has 0 unspecified atom stereocenters. The summed E-state index contributed by atoms with van der Waals surface area (Å²) in [5.74, 6) is -2.45. The monoisotopic (exact) mass is 700 g/mol. The van der Waals surface area contributed by atoms with Gasteiger partial charge in [-0.25, -0.2) is 12.4 Å². The number of carbonyl (C=O) groups excluding carboxylic acids is 2. The number of alkyl halides is 3. The lowest BCUT2D eigenvalue weighted by atomic mass is 10.00. The Kier molecular flexibility index (Phi) is 8.88. The molecule has 48 heavy (non-hydrogen) atoms. The van der Waals surface area contributed by atoms with E-state index >= 15 is 0 Å². The van der Waals surface area contributed by atoms with E-state index < -0.39 is 43.0 Å². The fourth-order valence-corrected chi connectivity index (χ4v) is 6.83. The van der Waals surface area contributed by atoms with Crippen LogP contribution in [-0.2, 0) is 20.1 Å². The minimum atomic E-state index is -6.00. The van der Waals surface area contributed by atoms with Gasteiger partial charge in [-0.1, -0.05) is 41.5 Å². The van der Waals surface area contributed by atoms with Crippen LogP contribution in [0.15, 0.2) is 96.2 Å². The van der Waals surface area contributed by atoms with E-state index in [-0.39, 0.29) is 38.8 Å². The van der Waals surface area contributed by atoms with Crippen LogP contribution in [0.2, 0.25) is 0 Å². The number of halogens is 3. The summed E-state index contributed by atoms with van der Waals surface area (Å²) in [7, 11) is -9.20. The molecular weight excluding hydrogens is 673 g/mol. The maximum absolute atomic E-state index is 14.2. The van der Waals surface area contributed by atoms with Crippen molar-refractivity contribution in [2.75, 3.05) is 7.11 Å². The van der Waals surface area contributed by atoms with Gasteiger partial charge in [0.1, 0.15) is 17.2 Å². The lowest BCUT2D eigenvalue weighted by Gasteiger charge is -2.16. The number of carbonyl (C=O) groups is 2. The summed E-state index contributed by atoms with van der Waals surface area (Å²) in [6.07, 6.45) is 2.65. The maximum Gasteiger partial charge on any atom is 0.534 e. The molecule has 0 saturated heterocycles. The molecular formula is C33H27F3N2O8S2. The summed E-state index contributed by atoms with van der Waals surface area (Å²) in [5.41, 5.74) is -3.66. The van der Waals surface area contributed by atoms with E-state index in [1.54, 1.807) is 44.2 Å². The molecule has 5 rings (SSSR count). The van der Waals surface area contributed by atoms with Gasteiger partial charge in [0.15, 0.2) is 0 Å². The first-order chi connectivity index (χ1) is 22.5. The molecule has 0 aliphatic carbocycles. The minimum absolute atomic E-state index is 0.0409. The van der Waals surface area contributed by atoms with Crippen LogP contribution in [-0.4, -0.2) is 49.6 Å². The minimum Gasteiger partial charge on any atom is -0.496 e. The Morgan fingerprint density at radius 1 is 0.750 bits per heavy atom. The Balaban J connectivity index is 1.65. The highest BCUT2D eigenvalue weighted by Gasteiger charge is 2.48. The summed E-state index contributed by atoms with van der Waals surface area (Å²) in [6, 6.07) is 18.1. The average Bonchev–Trinajstić information content (AvgIpc) is 3.68. The highest BCUT2D eigenvalue weighted by atomic mass is 32.2. The Bertz CT molecular complexity index is 2290. The van der Waals surface area contributed by atoms with E-state index in [1.165, 1.54) is 47.3 Å².